The zero-order valence-corrected chi connectivity index (χ0v) is 16.0. The van der Waals surface area contributed by atoms with Crippen LogP contribution in [0.25, 0.3) is 0 Å². The summed E-state index contributed by atoms with van der Waals surface area (Å²) >= 11 is 0. The molecule has 0 bridgehead atoms. The van der Waals surface area contributed by atoms with Crippen LogP contribution in [-0.2, 0) is 6.54 Å². The predicted molar refractivity (Wildman–Crippen MR) is 81.1 cm³/mol. The van der Waals surface area contributed by atoms with Crippen LogP contribution in [0.15, 0.2) is 12.1 Å². The molecule has 19 heavy (non-hydrogen) atoms. The van der Waals surface area contributed by atoms with Gasteiger partial charge in [0.2, 0.25) is 0 Å². The Kier molecular flexibility index (Phi) is 7.04. The molecule has 0 amide bonds. The van der Waals surface area contributed by atoms with Gasteiger partial charge < -0.3 is 28.5 Å². The Hall–Kier alpha value is -0.0900. The number of nitrogens with zero attached hydrogens (tertiary/aromatic N) is 1. The fraction of sp³-hybridized carbons (Fsp3) is 0.647. The zero-order valence-electron chi connectivity index (χ0n) is 13.8. The molecule has 1 nitrogen and oxygen atoms in total. The van der Waals surface area contributed by atoms with Crippen molar-refractivity contribution in [3.63, 3.8) is 0 Å². The third kappa shape index (κ3) is 5.42. The van der Waals surface area contributed by atoms with Gasteiger partial charge in [0.1, 0.15) is 6.54 Å². The van der Waals surface area contributed by atoms with Crippen LogP contribution < -0.4 is 24.0 Å². The third-order valence-electron chi connectivity index (χ3n) is 3.51. The van der Waals surface area contributed by atoms with E-state index in [1.165, 1.54) is 22.3 Å². The summed E-state index contributed by atoms with van der Waals surface area (Å²) in [5.74, 6) is 1.21. The molecule has 1 aromatic rings. The van der Waals surface area contributed by atoms with Crippen molar-refractivity contribution in [1.82, 2.24) is 0 Å². The normalized spacial score (nSPS) is 11.9. The van der Waals surface area contributed by atoms with Gasteiger partial charge in [0.05, 0.1) is 21.1 Å². The van der Waals surface area contributed by atoms with Crippen molar-refractivity contribution in [3.05, 3.63) is 34.4 Å². The maximum Gasteiger partial charge on any atom is 0.104 e. The molecule has 0 unspecified atom stereocenters. The second-order valence-corrected chi connectivity index (χ2v) is 7.15. The van der Waals surface area contributed by atoms with E-state index < -0.39 is 0 Å². The number of benzene rings is 1. The van der Waals surface area contributed by atoms with Gasteiger partial charge in [-0.2, -0.15) is 0 Å². The smallest absolute Gasteiger partial charge is 0.104 e. The van der Waals surface area contributed by atoms with Crippen molar-refractivity contribution < 1.29 is 28.5 Å². The van der Waals surface area contributed by atoms with Crippen molar-refractivity contribution in [2.24, 2.45) is 0 Å². The summed E-state index contributed by atoms with van der Waals surface area (Å²) in [4.78, 5) is 0. The van der Waals surface area contributed by atoms with Crippen LogP contribution >= 0.6 is 0 Å². The lowest BCUT2D eigenvalue weighted by Gasteiger charge is -2.27. The molecular formula is C17H30IN. The zero-order chi connectivity index (χ0) is 14.1. The van der Waals surface area contributed by atoms with Crippen LogP contribution in [0.3, 0.4) is 0 Å². The largest absolute Gasteiger partial charge is 1.00 e. The molecule has 0 saturated heterocycles. The van der Waals surface area contributed by atoms with Gasteiger partial charge in [0.15, 0.2) is 0 Å². The molecule has 0 heterocycles. The number of hydrogen-bond donors (Lipinski definition) is 0. The number of hydrogen-bond acceptors (Lipinski definition) is 0. The Balaban J connectivity index is 0.00000324. The van der Waals surface area contributed by atoms with Crippen LogP contribution in [0, 0.1) is 6.92 Å². The van der Waals surface area contributed by atoms with Crippen LogP contribution in [-0.4, -0.2) is 25.6 Å². The highest BCUT2D eigenvalue weighted by atomic mass is 127. The van der Waals surface area contributed by atoms with E-state index in [2.05, 4.69) is 67.9 Å². The van der Waals surface area contributed by atoms with Gasteiger partial charge in [-0.25, -0.2) is 0 Å². The van der Waals surface area contributed by atoms with E-state index in [1.807, 2.05) is 0 Å². The van der Waals surface area contributed by atoms with Crippen LogP contribution in [0.1, 0.15) is 61.8 Å². The highest BCUT2D eigenvalue weighted by molar-refractivity contribution is 5.41. The quantitative estimate of drug-likeness (QED) is 0.552. The van der Waals surface area contributed by atoms with Crippen molar-refractivity contribution in [1.29, 1.82) is 0 Å². The predicted octanol–water partition coefficient (Wildman–Crippen LogP) is 1.45. The molecule has 1 rings (SSSR count). The average Bonchev–Trinajstić information content (AvgIpc) is 2.18. The van der Waals surface area contributed by atoms with Crippen molar-refractivity contribution in [3.8, 4) is 0 Å². The lowest BCUT2D eigenvalue weighted by Crippen LogP contribution is -3.00. The van der Waals surface area contributed by atoms with Crippen molar-refractivity contribution >= 4 is 0 Å². The summed E-state index contributed by atoms with van der Waals surface area (Å²) in [5.41, 5.74) is 6.00. The van der Waals surface area contributed by atoms with Gasteiger partial charge >= 0.3 is 0 Å². The SMILES string of the molecule is Cc1c(C[N+](C)(C)C)cc(C(C)C)cc1C(C)C.[I-]. The molecule has 0 saturated carbocycles. The van der Waals surface area contributed by atoms with E-state index in [-0.39, 0.29) is 24.0 Å². The lowest BCUT2D eigenvalue weighted by molar-refractivity contribution is -0.884. The minimum absolute atomic E-state index is 0. The first-order valence-electron chi connectivity index (χ1n) is 7.05. The second kappa shape index (κ2) is 7.07. The fourth-order valence-electron chi connectivity index (χ4n) is 2.43. The summed E-state index contributed by atoms with van der Waals surface area (Å²) in [7, 11) is 6.78. The maximum atomic E-state index is 2.41. The van der Waals surface area contributed by atoms with E-state index >= 15 is 0 Å². The second-order valence-electron chi connectivity index (χ2n) is 7.15. The molecular weight excluding hydrogens is 345 g/mol. The van der Waals surface area contributed by atoms with Gasteiger partial charge in [-0.3, -0.25) is 0 Å². The van der Waals surface area contributed by atoms with E-state index in [0.717, 1.165) is 11.0 Å². The molecule has 0 N–H and O–H groups in total. The Labute approximate surface area is 137 Å². The van der Waals surface area contributed by atoms with E-state index in [4.69, 9.17) is 0 Å². The standard InChI is InChI=1S/C17H30N.HI/c1-12(2)15-9-16(11-18(6,7)8)14(5)17(10-15)13(3)4;/h9-10,12-13H,11H2,1-8H3;1H/q+1;/p-1. The van der Waals surface area contributed by atoms with Gasteiger partial charge in [0, 0.05) is 5.56 Å². The highest BCUT2D eigenvalue weighted by Gasteiger charge is 2.16. The molecule has 0 aromatic heterocycles. The molecule has 0 radical (unpaired) electrons. The van der Waals surface area contributed by atoms with Gasteiger partial charge in [-0.1, -0.05) is 33.8 Å². The van der Waals surface area contributed by atoms with E-state index in [9.17, 15) is 0 Å². The Morgan fingerprint density at radius 1 is 0.947 bits per heavy atom. The lowest BCUT2D eigenvalue weighted by atomic mass is 9.88. The highest BCUT2D eigenvalue weighted by Crippen LogP contribution is 2.28. The minimum atomic E-state index is 0. The van der Waals surface area contributed by atoms with Gasteiger partial charge in [0.25, 0.3) is 0 Å². The summed E-state index contributed by atoms with van der Waals surface area (Å²) in [6.07, 6.45) is 0. The summed E-state index contributed by atoms with van der Waals surface area (Å²) < 4.78 is 0.986. The minimum Gasteiger partial charge on any atom is -1.00 e. The van der Waals surface area contributed by atoms with Crippen LogP contribution in [0.4, 0.5) is 0 Å². The number of halogens is 1. The third-order valence-corrected chi connectivity index (χ3v) is 3.51. The van der Waals surface area contributed by atoms with Crippen LogP contribution in [0.2, 0.25) is 0 Å². The molecule has 0 aliphatic carbocycles. The molecule has 0 aliphatic heterocycles. The molecule has 2 heteroatoms. The monoisotopic (exact) mass is 375 g/mol. The van der Waals surface area contributed by atoms with Gasteiger partial charge in [-0.15, -0.1) is 0 Å². The molecule has 0 fully saturated rings. The number of quaternary nitrogens is 1. The molecule has 0 spiro atoms. The molecule has 0 atom stereocenters. The summed E-state index contributed by atoms with van der Waals surface area (Å²) in [6, 6.07) is 4.82. The first-order valence-corrected chi connectivity index (χ1v) is 7.05. The van der Waals surface area contributed by atoms with E-state index in [0.29, 0.717) is 11.8 Å². The van der Waals surface area contributed by atoms with Crippen molar-refractivity contribution in [2.45, 2.75) is 53.0 Å². The van der Waals surface area contributed by atoms with Crippen LogP contribution in [0.5, 0.6) is 0 Å². The summed E-state index contributed by atoms with van der Waals surface area (Å²) in [5, 5.41) is 0. The van der Waals surface area contributed by atoms with E-state index in [1.54, 1.807) is 0 Å². The average molecular weight is 375 g/mol. The topological polar surface area (TPSA) is 0 Å². The first-order chi connectivity index (χ1) is 8.11. The molecule has 110 valence electrons. The molecule has 1 aromatic carbocycles. The van der Waals surface area contributed by atoms with Crippen molar-refractivity contribution in [2.75, 3.05) is 21.1 Å². The Bertz CT molecular complexity index is 414. The maximum absolute atomic E-state index is 2.41. The van der Waals surface area contributed by atoms with Gasteiger partial charge in [-0.05, 0) is 41.5 Å². The fourth-order valence-corrected chi connectivity index (χ4v) is 2.43. The number of rotatable bonds is 4. The first kappa shape index (κ1) is 18.9. The Morgan fingerprint density at radius 2 is 1.47 bits per heavy atom. The summed E-state index contributed by atoms with van der Waals surface area (Å²) in [6.45, 7) is 12.5. The Morgan fingerprint density at radius 3 is 1.84 bits per heavy atom. The molecule has 0 aliphatic rings.